The number of sulfonamides is 1. The van der Waals surface area contributed by atoms with Gasteiger partial charge in [0, 0.05) is 20.6 Å². The maximum absolute atomic E-state index is 13.5. The van der Waals surface area contributed by atoms with Gasteiger partial charge in [0.25, 0.3) is 0 Å². The lowest BCUT2D eigenvalue weighted by atomic mass is 10.2. The van der Waals surface area contributed by atoms with Crippen LogP contribution < -0.4 is 10.5 Å². The topological polar surface area (TPSA) is 107 Å². The average molecular weight is 443 g/mol. The Morgan fingerprint density at radius 1 is 1.00 bits per heavy atom. The summed E-state index contributed by atoms with van der Waals surface area (Å²) < 4.78 is 68.6. The summed E-state index contributed by atoms with van der Waals surface area (Å²) in [5, 5.41) is 0. The molecule has 2 aromatic carbocycles. The number of nitrogens with two attached hydrogens (primary N) is 1. The van der Waals surface area contributed by atoms with Crippen LogP contribution in [0.25, 0.3) is 0 Å². The molecule has 2 rings (SSSR count). The van der Waals surface area contributed by atoms with Crippen LogP contribution in [0.15, 0.2) is 70.2 Å². The molecule has 0 atom stereocenters. The highest BCUT2D eigenvalue weighted by Crippen LogP contribution is 2.20. The minimum absolute atomic E-state index is 0.0244. The van der Waals surface area contributed by atoms with Crippen molar-refractivity contribution in [3.8, 4) is 5.75 Å². The molecule has 0 fully saturated rings. The first-order valence-corrected chi connectivity index (χ1v) is 11.7. The predicted octanol–water partition coefficient (Wildman–Crippen LogP) is 2.10. The standard InChI is InChI=1S/C19H23FN2O5S2/c1-22(2)29(25,26)19-7-3-15(4-8-19)13-27-17-5-9-18(10-6-17)28(23,24)14-16(20)11-12-21/h3-11H,12-14,21H2,1-2H3. The Balaban J connectivity index is 2.03. The molecular formula is C19H23FN2O5S2. The van der Waals surface area contributed by atoms with Crippen molar-refractivity contribution in [2.24, 2.45) is 5.73 Å². The second-order valence-electron chi connectivity index (χ2n) is 6.34. The normalized spacial score (nSPS) is 12.9. The molecule has 0 saturated carbocycles. The van der Waals surface area contributed by atoms with E-state index in [9.17, 15) is 21.2 Å². The van der Waals surface area contributed by atoms with E-state index in [2.05, 4.69) is 0 Å². The molecule has 0 aliphatic rings. The van der Waals surface area contributed by atoms with Crippen molar-refractivity contribution in [1.82, 2.24) is 4.31 Å². The van der Waals surface area contributed by atoms with E-state index >= 15 is 0 Å². The van der Waals surface area contributed by atoms with Crippen molar-refractivity contribution >= 4 is 19.9 Å². The van der Waals surface area contributed by atoms with Crippen LogP contribution in [0.3, 0.4) is 0 Å². The van der Waals surface area contributed by atoms with Crippen LogP contribution in [0, 0.1) is 0 Å². The molecule has 158 valence electrons. The van der Waals surface area contributed by atoms with Crippen LogP contribution in [0.2, 0.25) is 0 Å². The molecule has 2 aromatic rings. The molecule has 29 heavy (non-hydrogen) atoms. The van der Waals surface area contributed by atoms with Gasteiger partial charge in [-0.05, 0) is 48.0 Å². The monoisotopic (exact) mass is 442 g/mol. The molecule has 0 aliphatic heterocycles. The van der Waals surface area contributed by atoms with E-state index in [-0.39, 0.29) is 22.9 Å². The number of rotatable bonds is 9. The third-order valence-electron chi connectivity index (χ3n) is 3.96. The van der Waals surface area contributed by atoms with Crippen molar-refractivity contribution < 1.29 is 26.0 Å². The van der Waals surface area contributed by atoms with Gasteiger partial charge in [-0.15, -0.1) is 0 Å². The maximum Gasteiger partial charge on any atom is 0.242 e. The zero-order chi connectivity index (χ0) is 21.7. The van der Waals surface area contributed by atoms with Gasteiger partial charge in [-0.3, -0.25) is 0 Å². The van der Waals surface area contributed by atoms with Crippen LogP contribution >= 0.6 is 0 Å². The summed E-state index contributed by atoms with van der Waals surface area (Å²) in [7, 11) is -4.39. The maximum atomic E-state index is 13.5. The van der Waals surface area contributed by atoms with Crippen LogP contribution in [0.1, 0.15) is 5.56 Å². The zero-order valence-corrected chi connectivity index (χ0v) is 17.7. The molecule has 0 saturated heterocycles. The number of sulfone groups is 1. The molecule has 7 nitrogen and oxygen atoms in total. The third kappa shape index (κ3) is 6.10. The Labute approximate surface area is 170 Å². The highest BCUT2D eigenvalue weighted by atomic mass is 32.2. The third-order valence-corrected chi connectivity index (χ3v) is 7.43. The summed E-state index contributed by atoms with van der Waals surface area (Å²) in [4.78, 5) is 0.153. The van der Waals surface area contributed by atoms with Crippen LogP contribution in [0.4, 0.5) is 4.39 Å². The van der Waals surface area contributed by atoms with Gasteiger partial charge in [-0.1, -0.05) is 12.1 Å². The van der Waals surface area contributed by atoms with Gasteiger partial charge in [-0.2, -0.15) is 0 Å². The Morgan fingerprint density at radius 2 is 1.55 bits per heavy atom. The Hall–Kier alpha value is -2.27. The number of halogens is 1. The van der Waals surface area contributed by atoms with Gasteiger partial charge in [0.05, 0.1) is 9.79 Å². The summed E-state index contributed by atoms with van der Waals surface area (Å²) in [6, 6.07) is 11.9. The summed E-state index contributed by atoms with van der Waals surface area (Å²) in [5.74, 6) is -1.12. The molecule has 0 aromatic heterocycles. The summed E-state index contributed by atoms with van der Waals surface area (Å²) in [5.41, 5.74) is 5.91. The fourth-order valence-electron chi connectivity index (χ4n) is 2.33. The first kappa shape index (κ1) is 23.0. The van der Waals surface area contributed by atoms with Gasteiger partial charge >= 0.3 is 0 Å². The van der Waals surface area contributed by atoms with Gasteiger partial charge in [0.2, 0.25) is 10.0 Å². The average Bonchev–Trinajstić information content (AvgIpc) is 2.66. The molecule has 2 N–H and O–H groups in total. The minimum atomic E-state index is -3.81. The largest absolute Gasteiger partial charge is 0.489 e. The molecular weight excluding hydrogens is 419 g/mol. The van der Waals surface area contributed by atoms with Gasteiger partial charge < -0.3 is 10.5 Å². The Kier molecular flexibility index (Phi) is 7.53. The fraction of sp³-hybridized carbons (Fsp3) is 0.263. The smallest absolute Gasteiger partial charge is 0.242 e. The number of benzene rings is 2. The first-order chi connectivity index (χ1) is 13.6. The van der Waals surface area contributed by atoms with Crippen molar-refractivity contribution in [3.63, 3.8) is 0 Å². The number of nitrogens with zero attached hydrogens (tertiary/aromatic N) is 1. The van der Waals surface area contributed by atoms with Gasteiger partial charge in [0.15, 0.2) is 9.84 Å². The van der Waals surface area contributed by atoms with E-state index in [1.54, 1.807) is 12.1 Å². The van der Waals surface area contributed by atoms with Crippen molar-refractivity contribution in [2.45, 2.75) is 16.4 Å². The highest BCUT2D eigenvalue weighted by molar-refractivity contribution is 7.91. The van der Waals surface area contributed by atoms with E-state index in [0.29, 0.717) is 5.75 Å². The molecule has 0 radical (unpaired) electrons. The number of ether oxygens (including phenoxy) is 1. The van der Waals surface area contributed by atoms with Crippen LogP contribution in [-0.2, 0) is 26.5 Å². The summed E-state index contributed by atoms with van der Waals surface area (Å²) in [6.07, 6.45) is 1.02. The number of hydrogen-bond donors (Lipinski definition) is 1. The van der Waals surface area contributed by atoms with E-state index in [4.69, 9.17) is 10.5 Å². The van der Waals surface area contributed by atoms with E-state index in [1.165, 1.54) is 50.5 Å². The van der Waals surface area contributed by atoms with Gasteiger partial charge in [0.1, 0.15) is 23.9 Å². The van der Waals surface area contributed by atoms with Crippen molar-refractivity contribution in [2.75, 3.05) is 26.4 Å². The minimum Gasteiger partial charge on any atom is -0.489 e. The van der Waals surface area contributed by atoms with E-state index < -0.39 is 31.4 Å². The Bertz CT molecular complexity index is 1060. The molecule has 0 bridgehead atoms. The van der Waals surface area contributed by atoms with Crippen molar-refractivity contribution in [3.05, 3.63) is 66.0 Å². The molecule has 0 amide bonds. The molecule has 0 aliphatic carbocycles. The quantitative estimate of drug-likeness (QED) is 0.637. The number of hydrogen-bond acceptors (Lipinski definition) is 6. The second kappa shape index (κ2) is 9.49. The Morgan fingerprint density at radius 3 is 2.07 bits per heavy atom. The lowest BCUT2D eigenvalue weighted by Gasteiger charge is -2.12. The van der Waals surface area contributed by atoms with E-state index in [1.807, 2.05) is 0 Å². The van der Waals surface area contributed by atoms with Crippen LogP contribution in [0.5, 0.6) is 5.75 Å². The second-order valence-corrected chi connectivity index (χ2v) is 10.5. The lowest BCUT2D eigenvalue weighted by Crippen LogP contribution is -2.22. The van der Waals surface area contributed by atoms with E-state index in [0.717, 1.165) is 15.9 Å². The molecule has 0 spiro atoms. The first-order valence-electron chi connectivity index (χ1n) is 8.58. The molecule has 0 unspecified atom stereocenters. The summed E-state index contributed by atoms with van der Waals surface area (Å²) in [6.45, 7) is 0.0957. The fourth-order valence-corrected chi connectivity index (χ4v) is 4.43. The predicted molar refractivity (Wildman–Crippen MR) is 108 cm³/mol. The summed E-state index contributed by atoms with van der Waals surface area (Å²) >= 11 is 0. The van der Waals surface area contributed by atoms with Gasteiger partial charge in [-0.25, -0.2) is 25.5 Å². The molecule has 10 heteroatoms. The highest BCUT2D eigenvalue weighted by Gasteiger charge is 2.18. The SMILES string of the molecule is CN(C)S(=O)(=O)c1ccc(COc2ccc(S(=O)(=O)CC(F)=CCN)cc2)cc1. The zero-order valence-electron chi connectivity index (χ0n) is 16.1. The van der Waals surface area contributed by atoms with Crippen LogP contribution in [-0.4, -0.2) is 47.5 Å². The lowest BCUT2D eigenvalue weighted by molar-refractivity contribution is 0.306. The molecule has 0 heterocycles. The van der Waals surface area contributed by atoms with Crippen molar-refractivity contribution in [1.29, 1.82) is 0 Å².